The molecule has 5 heteroatoms. The van der Waals surface area contributed by atoms with Gasteiger partial charge in [0, 0.05) is 23.5 Å². The highest BCUT2D eigenvalue weighted by Crippen LogP contribution is 2.27. The normalized spacial score (nSPS) is 18.9. The highest BCUT2D eigenvalue weighted by Gasteiger charge is 2.29. The molecule has 0 aliphatic carbocycles. The lowest BCUT2D eigenvalue weighted by Gasteiger charge is -2.35. The lowest BCUT2D eigenvalue weighted by atomic mass is 9.97. The van der Waals surface area contributed by atoms with Gasteiger partial charge in [-0.3, -0.25) is 9.59 Å². The van der Waals surface area contributed by atoms with Crippen molar-refractivity contribution in [1.82, 2.24) is 4.90 Å². The summed E-state index contributed by atoms with van der Waals surface area (Å²) < 4.78 is 0.824. The van der Waals surface area contributed by atoms with Gasteiger partial charge in [0.15, 0.2) is 0 Å². The number of nitrogens with zero attached hydrogens (tertiary/aromatic N) is 1. The molecule has 1 fully saturated rings. The lowest BCUT2D eigenvalue weighted by Crippen LogP contribution is -2.44. The number of ketones is 1. The second-order valence-corrected chi connectivity index (χ2v) is 6.50. The maximum atomic E-state index is 12.7. The first-order valence-electron chi connectivity index (χ1n) is 6.74. The molecule has 0 aromatic heterocycles. The summed E-state index contributed by atoms with van der Waals surface area (Å²) in [6, 6.07) is 5.26. The zero-order valence-corrected chi connectivity index (χ0v) is 13.7. The quantitative estimate of drug-likeness (QED) is 0.816. The second kappa shape index (κ2) is 6.72. The molecule has 0 saturated carbocycles. The molecule has 1 heterocycles. The largest absolute Gasteiger partial charge is 0.335 e. The van der Waals surface area contributed by atoms with Crippen molar-refractivity contribution in [2.24, 2.45) is 0 Å². The second-order valence-electron chi connectivity index (χ2n) is 5.18. The smallest absolute Gasteiger partial charge is 0.255 e. The Balaban J connectivity index is 2.25. The van der Waals surface area contributed by atoms with E-state index in [1.54, 1.807) is 24.0 Å². The number of likely N-dealkylation sites (tertiary alicyclic amines) is 1. The van der Waals surface area contributed by atoms with Crippen LogP contribution < -0.4 is 0 Å². The Morgan fingerprint density at radius 1 is 1.40 bits per heavy atom. The summed E-state index contributed by atoms with van der Waals surface area (Å²) in [5.41, 5.74) is 0.497. The number of Topliss-reactive ketones (excluding diaryl/α,β-unsaturated/α-hetero) is 1. The summed E-state index contributed by atoms with van der Waals surface area (Å²) in [6.07, 6.45) is 3.36. The molecule has 0 radical (unpaired) electrons. The monoisotopic (exact) mass is 357 g/mol. The third kappa shape index (κ3) is 3.61. The Morgan fingerprint density at radius 3 is 2.85 bits per heavy atom. The zero-order chi connectivity index (χ0) is 14.7. The Morgan fingerprint density at radius 2 is 2.15 bits per heavy atom. The maximum Gasteiger partial charge on any atom is 0.255 e. The molecule has 1 amide bonds. The summed E-state index contributed by atoms with van der Waals surface area (Å²) >= 11 is 9.49. The Kier molecular flexibility index (Phi) is 5.22. The van der Waals surface area contributed by atoms with E-state index in [2.05, 4.69) is 15.9 Å². The highest BCUT2D eigenvalue weighted by molar-refractivity contribution is 9.10. The fourth-order valence-corrected chi connectivity index (χ4v) is 3.19. The number of rotatable bonds is 3. The molecule has 1 aliphatic rings. The van der Waals surface area contributed by atoms with Crippen LogP contribution in [0.15, 0.2) is 22.7 Å². The van der Waals surface area contributed by atoms with Crippen LogP contribution in [0.3, 0.4) is 0 Å². The molecule has 2 rings (SSSR count). The van der Waals surface area contributed by atoms with Crippen LogP contribution in [0.2, 0.25) is 5.02 Å². The number of benzene rings is 1. The third-order valence-electron chi connectivity index (χ3n) is 3.57. The molecular formula is C15H17BrClNO2. The van der Waals surface area contributed by atoms with Gasteiger partial charge in [0.2, 0.25) is 0 Å². The van der Waals surface area contributed by atoms with E-state index in [1.165, 1.54) is 0 Å². The molecule has 3 nitrogen and oxygen atoms in total. The highest BCUT2D eigenvalue weighted by atomic mass is 79.9. The predicted octanol–water partition coefficient (Wildman–Crippen LogP) is 4.08. The summed E-state index contributed by atoms with van der Waals surface area (Å²) in [6.45, 7) is 2.27. The third-order valence-corrected chi connectivity index (χ3v) is 4.39. The van der Waals surface area contributed by atoms with Crippen LogP contribution in [0, 0.1) is 0 Å². The summed E-state index contributed by atoms with van der Waals surface area (Å²) in [4.78, 5) is 25.8. The standard InChI is InChI=1S/C15H17BrClNO2/c1-10(19)8-12-4-2-3-7-18(12)15(20)13-9-11(16)5-6-14(13)17/h5-6,9,12H,2-4,7-8H2,1H3. The van der Waals surface area contributed by atoms with Gasteiger partial charge in [-0.2, -0.15) is 0 Å². The molecule has 1 aliphatic heterocycles. The summed E-state index contributed by atoms with van der Waals surface area (Å²) in [7, 11) is 0. The number of carbonyl (C=O) groups is 2. The van der Waals surface area contributed by atoms with E-state index in [0.29, 0.717) is 23.6 Å². The van der Waals surface area contributed by atoms with Gasteiger partial charge in [-0.25, -0.2) is 0 Å². The van der Waals surface area contributed by atoms with Gasteiger partial charge in [-0.15, -0.1) is 0 Å². The minimum absolute atomic E-state index is 0.00352. The maximum absolute atomic E-state index is 12.7. The minimum atomic E-state index is -0.0812. The van der Waals surface area contributed by atoms with Crippen molar-refractivity contribution in [3.63, 3.8) is 0 Å². The molecule has 1 aromatic carbocycles. The van der Waals surface area contributed by atoms with Crippen LogP contribution in [0.4, 0.5) is 0 Å². The fourth-order valence-electron chi connectivity index (χ4n) is 2.63. The summed E-state index contributed by atoms with van der Waals surface area (Å²) in [5, 5.41) is 0.449. The van der Waals surface area contributed by atoms with Gasteiger partial charge < -0.3 is 4.90 Å². The molecule has 1 aromatic rings. The van der Waals surface area contributed by atoms with Crippen LogP contribution in [0.5, 0.6) is 0 Å². The van der Waals surface area contributed by atoms with E-state index in [9.17, 15) is 9.59 Å². The Hall–Kier alpha value is -0.870. The lowest BCUT2D eigenvalue weighted by molar-refractivity contribution is -0.118. The van der Waals surface area contributed by atoms with E-state index in [4.69, 9.17) is 11.6 Å². The number of hydrogen-bond donors (Lipinski definition) is 0. The number of piperidine rings is 1. The van der Waals surface area contributed by atoms with Gasteiger partial charge >= 0.3 is 0 Å². The fraction of sp³-hybridized carbons (Fsp3) is 0.467. The van der Waals surface area contributed by atoms with E-state index in [0.717, 1.165) is 23.7 Å². The van der Waals surface area contributed by atoms with Crippen molar-refractivity contribution >= 4 is 39.2 Å². The van der Waals surface area contributed by atoms with Gasteiger partial charge in [-0.1, -0.05) is 27.5 Å². The minimum Gasteiger partial charge on any atom is -0.335 e. The summed E-state index contributed by atoms with van der Waals surface area (Å²) in [5.74, 6) is 0.0392. The first kappa shape index (κ1) is 15.5. The topological polar surface area (TPSA) is 37.4 Å². The molecule has 0 spiro atoms. The van der Waals surface area contributed by atoms with E-state index < -0.39 is 0 Å². The number of carbonyl (C=O) groups excluding carboxylic acids is 2. The van der Waals surface area contributed by atoms with Crippen LogP contribution in [-0.4, -0.2) is 29.2 Å². The van der Waals surface area contributed by atoms with Crippen molar-refractivity contribution in [3.05, 3.63) is 33.3 Å². The SMILES string of the molecule is CC(=O)CC1CCCCN1C(=O)c1cc(Br)ccc1Cl. The van der Waals surface area contributed by atoms with Crippen LogP contribution in [0.1, 0.15) is 43.0 Å². The van der Waals surface area contributed by atoms with Crippen LogP contribution in [-0.2, 0) is 4.79 Å². The average Bonchev–Trinajstić information content (AvgIpc) is 2.41. The molecule has 0 bridgehead atoms. The molecule has 0 N–H and O–H groups in total. The van der Waals surface area contributed by atoms with Crippen molar-refractivity contribution < 1.29 is 9.59 Å². The van der Waals surface area contributed by atoms with Gasteiger partial charge in [0.25, 0.3) is 5.91 Å². The van der Waals surface area contributed by atoms with Crippen LogP contribution >= 0.6 is 27.5 Å². The van der Waals surface area contributed by atoms with Gasteiger partial charge in [-0.05, 0) is 44.4 Å². The van der Waals surface area contributed by atoms with Gasteiger partial charge in [0.05, 0.1) is 10.6 Å². The molecule has 1 atom stereocenters. The van der Waals surface area contributed by atoms with Crippen molar-refractivity contribution in [1.29, 1.82) is 0 Å². The van der Waals surface area contributed by atoms with E-state index >= 15 is 0 Å². The Labute approximate surface area is 132 Å². The van der Waals surface area contributed by atoms with Crippen molar-refractivity contribution in [2.45, 2.75) is 38.6 Å². The molecule has 20 heavy (non-hydrogen) atoms. The molecular weight excluding hydrogens is 342 g/mol. The van der Waals surface area contributed by atoms with Crippen molar-refractivity contribution in [2.75, 3.05) is 6.54 Å². The molecule has 108 valence electrons. The average molecular weight is 359 g/mol. The van der Waals surface area contributed by atoms with E-state index in [1.807, 2.05) is 6.07 Å². The van der Waals surface area contributed by atoms with Gasteiger partial charge in [0.1, 0.15) is 5.78 Å². The van der Waals surface area contributed by atoms with Crippen LogP contribution in [0.25, 0.3) is 0 Å². The molecule has 1 unspecified atom stereocenters. The number of hydrogen-bond acceptors (Lipinski definition) is 2. The Bertz CT molecular complexity index is 533. The first-order chi connectivity index (χ1) is 9.49. The molecule has 1 saturated heterocycles. The zero-order valence-electron chi connectivity index (χ0n) is 11.4. The number of halogens is 2. The van der Waals surface area contributed by atoms with E-state index in [-0.39, 0.29) is 17.7 Å². The predicted molar refractivity (Wildman–Crippen MR) is 83.1 cm³/mol. The van der Waals surface area contributed by atoms with Crippen molar-refractivity contribution in [3.8, 4) is 0 Å². The first-order valence-corrected chi connectivity index (χ1v) is 7.91. The number of amides is 1.